The molecule has 0 spiro atoms. The van der Waals surface area contributed by atoms with Crippen LogP contribution in [0, 0.1) is 17.5 Å². The van der Waals surface area contributed by atoms with Gasteiger partial charge < -0.3 is 9.52 Å². The predicted octanol–water partition coefficient (Wildman–Crippen LogP) is 1.99. The SMILES string of the molecule is O=S(=O)(Nc1cc(F)cc(F)c1F)c1ccc(CO)o1. The first-order chi connectivity index (χ1) is 9.33. The van der Waals surface area contributed by atoms with Crippen molar-refractivity contribution in [2.75, 3.05) is 4.72 Å². The second-order valence-corrected chi connectivity index (χ2v) is 5.35. The lowest BCUT2D eigenvalue weighted by Gasteiger charge is -2.07. The zero-order valence-corrected chi connectivity index (χ0v) is 10.5. The number of halogens is 3. The van der Waals surface area contributed by atoms with Gasteiger partial charge in [0.2, 0.25) is 5.09 Å². The number of benzene rings is 1. The van der Waals surface area contributed by atoms with Crippen molar-refractivity contribution in [2.24, 2.45) is 0 Å². The lowest BCUT2D eigenvalue weighted by Crippen LogP contribution is -2.14. The van der Waals surface area contributed by atoms with E-state index in [0.29, 0.717) is 6.07 Å². The minimum atomic E-state index is -4.36. The zero-order chi connectivity index (χ0) is 14.9. The number of nitrogens with one attached hydrogen (secondary N) is 1. The van der Waals surface area contributed by atoms with Gasteiger partial charge in [-0.05, 0) is 12.1 Å². The summed E-state index contributed by atoms with van der Waals surface area (Å²) in [6.07, 6.45) is 0. The van der Waals surface area contributed by atoms with Gasteiger partial charge >= 0.3 is 0 Å². The van der Waals surface area contributed by atoms with Gasteiger partial charge in [-0.3, -0.25) is 4.72 Å². The van der Waals surface area contributed by atoms with Gasteiger partial charge in [0.25, 0.3) is 10.0 Å². The Hall–Kier alpha value is -2.00. The molecule has 0 aliphatic carbocycles. The van der Waals surface area contributed by atoms with Gasteiger partial charge in [0.1, 0.15) is 18.2 Å². The number of hydrogen-bond donors (Lipinski definition) is 2. The molecular formula is C11H8F3NO4S. The van der Waals surface area contributed by atoms with Crippen LogP contribution in [0.3, 0.4) is 0 Å². The lowest BCUT2D eigenvalue weighted by atomic mass is 10.3. The standard InChI is InChI=1S/C11H8F3NO4S/c12-6-3-8(13)11(14)9(4-6)15-20(17,18)10-2-1-7(5-16)19-10/h1-4,15-16H,5H2. The van der Waals surface area contributed by atoms with Crippen molar-refractivity contribution in [2.45, 2.75) is 11.7 Å². The van der Waals surface area contributed by atoms with Gasteiger partial charge in [-0.25, -0.2) is 13.2 Å². The molecule has 0 aliphatic rings. The van der Waals surface area contributed by atoms with E-state index in [1.54, 1.807) is 4.72 Å². The summed E-state index contributed by atoms with van der Waals surface area (Å²) in [4.78, 5) is 0. The van der Waals surface area contributed by atoms with Crippen LogP contribution in [-0.2, 0) is 16.6 Å². The van der Waals surface area contributed by atoms with Crippen LogP contribution in [0.4, 0.5) is 18.9 Å². The van der Waals surface area contributed by atoms with Crippen LogP contribution in [0.25, 0.3) is 0 Å². The Morgan fingerprint density at radius 2 is 1.90 bits per heavy atom. The van der Waals surface area contributed by atoms with Crippen LogP contribution >= 0.6 is 0 Å². The van der Waals surface area contributed by atoms with Crippen molar-refractivity contribution in [1.29, 1.82) is 0 Å². The van der Waals surface area contributed by atoms with Gasteiger partial charge in [0, 0.05) is 12.1 Å². The highest BCUT2D eigenvalue weighted by Crippen LogP contribution is 2.23. The highest BCUT2D eigenvalue weighted by Gasteiger charge is 2.22. The third-order valence-electron chi connectivity index (χ3n) is 2.29. The van der Waals surface area contributed by atoms with Crippen LogP contribution in [0.5, 0.6) is 0 Å². The van der Waals surface area contributed by atoms with E-state index in [9.17, 15) is 21.6 Å². The number of sulfonamides is 1. The third kappa shape index (κ3) is 2.78. The largest absolute Gasteiger partial charge is 0.445 e. The maximum atomic E-state index is 13.4. The second kappa shape index (κ2) is 5.17. The quantitative estimate of drug-likeness (QED) is 0.847. The first-order valence-corrected chi connectivity index (χ1v) is 6.69. The molecule has 0 fully saturated rings. The number of anilines is 1. The van der Waals surface area contributed by atoms with Gasteiger partial charge in [0.05, 0.1) is 5.69 Å². The van der Waals surface area contributed by atoms with E-state index in [4.69, 9.17) is 9.52 Å². The van der Waals surface area contributed by atoms with Gasteiger partial charge in [0.15, 0.2) is 11.6 Å². The highest BCUT2D eigenvalue weighted by atomic mass is 32.2. The van der Waals surface area contributed by atoms with E-state index < -0.39 is 44.9 Å². The molecule has 2 rings (SSSR count). The molecule has 20 heavy (non-hydrogen) atoms. The molecule has 0 radical (unpaired) electrons. The van der Waals surface area contributed by atoms with E-state index >= 15 is 0 Å². The van der Waals surface area contributed by atoms with E-state index in [-0.39, 0.29) is 11.8 Å². The first-order valence-electron chi connectivity index (χ1n) is 5.20. The Bertz CT molecular complexity index is 742. The minimum absolute atomic E-state index is 0.0312. The molecule has 2 N–H and O–H groups in total. The zero-order valence-electron chi connectivity index (χ0n) is 9.73. The Kier molecular flexibility index (Phi) is 3.73. The molecule has 9 heteroatoms. The molecule has 0 unspecified atom stereocenters. The van der Waals surface area contributed by atoms with Crippen LogP contribution in [0.2, 0.25) is 0 Å². The number of rotatable bonds is 4. The van der Waals surface area contributed by atoms with Crippen molar-refractivity contribution < 1.29 is 31.1 Å². The fourth-order valence-corrected chi connectivity index (χ4v) is 2.42. The van der Waals surface area contributed by atoms with Crippen molar-refractivity contribution in [3.8, 4) is 0 Å². The van der Waals surface area contributed by atoms with E-state index in [1.165, 1.54) is 6.07 Å². The molecule has 0 bridgehead atoms. The fraction of sp³-hybridized carbons (Fsp3) is 0.0909. The molecule has 1 heterocycles. The topological polar surface area (TPSA) is 79.5 Å². The second-order valence-electron chi connectivity index (χ2n) is 3.73. The summed E-state index contributed by atoms with van der Waals surface area (Å²) in [7, 11) is -4.36. The Morgan fingerprint density at radius 3 is 2.50 bits per heavy atom. The molecule has 0 saturated carbocycles. The molecule has 0 saturated heterocycles. The molecule has 2 aromatic rings. The normalized spacial score (nSPS) is 11.6. The fourth-order valence-electron chi connectivity index (χ4n) is 1.41. The van der Waals surface area contributed by atoms with Crippen LogP contribution < -0.4 is 4.72 Å². The van der Waals surface area contributed by atoms with Crippen molar-refractivity contribution in [3.05, 3.63) is 47.5 Å². The molecular weight excluding hydrogens is 299 g/mol. The average molecular weight is 307 g/mol. The van der Waals surface area contributed by atoms with Gasteiger partial charge in [-0.2, -0.15) is 8.42 Å². The van der Waals surface area contributed by atoms with Crippen LogP contribution in [-0.4, -0.2) is 13.5 Å². The molecule has 1 aromatic carbocycles. The summed E-state index contributed by atoms with van der Waals surface area (Å²) in [6, 6.07) is 2.98. The number of aliphatic hydroxyl groups excluding tert-OH is 1. The highest BCUT2D eigenvalue weighted by molar-refractivity contribution is 7.92. The predicted molar refractivity (Wildman–Crippen MR) is 61.8 cm³/mol. The summed E-state index contributed by atoms with van der Waals surface area (Å²) in [6.45, 7) is -0.529. The van der Waals surface area contributed by atoms with Gasteiger partial charge in [-0.1, -0.05) is 0 Å². The number of furan rings is 1. The Morgan fingerprint density at radius 1 is 1.20 bits per heavy atom. The van der Waals surface area contributed by atoms with Crippen molar-refractivity contribution in [1.82, 2.24) is 0 Å². The molecule has 0 atom stereocenters. The Labute approximate surface area is 111 Å². The van der Waals surface area contributed by atoms with Gasteiger partial charge in [-0.15, -0.1) is 0 Å². The number of hydrogen-bond acceptors (Lipinski definition) is 4. The summed E-state index contributed by atoms with van der Waals surface area (Å²) in [5.41, 5.74) is -0.885. The molecule has 0 aliphatic heterocycles. The summed E-state index contributed by atoms with van der Waals surface area (Å²) >= 11 is 0. The maximum absolute atomic E-state index is 13.4. The average Bonchev–Trinajstić information content (AvgIpc) is 2.84. The smallest absolute Gasteiger partial charge is 0.295 e. The molecule has 5 nitrogen and oxygen atoms in total. The molecule has 1 aromatic heterocycles. The summed E-state index contributed by atoms with van der Waals surface area (Å²) in [5.74, 6) is -4.24. The van der Waals surface area contributed by atoms with Crippen LogP contribution in [0.1, 0.15) is 5.76 Å². The molecule has 108 valence electrons. The molecule has 0 amide bonds. The summed E-state index contributed by atoms with van der Waals surface area (Å²) in [5, 5.41) is 8.14. The summed E-state index contributed by atoms with van der Waals surface area (Å²) < 4.78 is 69.3. The number of aliphatic hydroxyl groups is 1. The maximum Gasteiger partial charge on any atom is 0.295 e. The third-order valence-corrected chi connectivity index (χ3v) is 3.53. The monoisotopic (exact) mass is 307 g/mol. The van der Waals surface area contributed by atoms with E-state index in [0.717, 1.165) is 6.07 Å². The van der Waals surface area contributed by atoms with E-state index in [2.05, 4.69) is 0 Å². The van der Waals surface area contributed by atoms with Crippen LogP contribution in [0.15, 0.2) is 33.8 Å². The first kappa shape index (κ1) is 14.4. The van der Waals surface area contributed by atoms with Crippen molar-refractivity contribution in [3.63, 3.8) is 0 Å². The Balaban J connectivity index is 2.38. The van der Waals surface area contributed by atoms with E-state index in [1.807, 2.05) is 0 Å². The van der Waals surface area contributed by atoms with Crippen molar-refractivity contribution >= 4 is 15.7 Å². The minimum Gasteiger partial charge on any atom is -0.445 e. The lowest BCUT2D eigenvalue weighted by molar-refractivity contribution is 0.236.